The molecule has 0 bridgehead atoms. The molecule has 0 aliphatic carbocycles. The van der Waals surface area contributed by atoms with E-state index in [1.165, 1.54) is 6.26 Å². The van der Waals surface area contributed by atoms with Gasteiger partial charge < -0.3 is 21.7 Å². The molecule has 8 nitrogen and oxygen atoms in total. The second-order valence-electron chi connectivity index (χ2n) is 9.07. The fourth-order valence-electron chi connectivity index (χ4n) is 3.66. The van der Waals surface area contributed by atoms with Gasteiger partial charge in [0, 0.05) is 17.5 Å². The van der Waals surface area contributed by atoms with Crippen LogP contribution < -0.4 is 21.7 Å². The van der Waals surface area contributed by atoms with E-state index in [-0.39, 0.29) is 11.8 Å². The van der Waals surface area contributed by atoms with Crippen LogP contribution in [0.15, 0.2) is 84.3 Å². The van der Waals surface area contributed by atoms with E-state index in [2.05, 4.69) is 22.5 Å². The van der Waals surface area contributed by atoms with E-state index in [1.807, 2.05) is 38.1 Å². The highest BCUT2D eigenvalue weighted by Crippen LogP contribution is 2.18. The number of nitrogens with two attached hydrogens (primary N) is 1. The van der Waals surface area contributed by atoms with Crippen molar-refractivity contribution in [2.45, 2.75) is 43.8 Å². The Kier molecular flexibility index (Phi) is 12.1. The van der Waals surface area contributed by atoms with Crippen LogP contribution in [0.4, 0.5) is 5.69 Å². The number of nitrogens with one attached hydrogen (secondary N) is 3. The van der Waals surface area contributed by atoms with Crippen molar-refractivity contribution in [1.82, 2.24) is 10.6 Å². The number of sulfone groups is 1. The molecule has 9 heteroatoms. The van der Waals surface area contributed by atoms with Crippen molar-refractivity contribution in [3.8, 4) is 0 Å². The van der Waals surface area contributed by atoms with Crippen LogP contribution in [0.25, 0.3) is 6.08 Å². The van der Waals surface area contributed by atoms with Gasteiger partial charge >= 0.3 is 0 Å². The Morgan fingerprint density at radius 1 is 1.03 bits per heavy atom. The number of aryl methyl sites for hydroxylation is 1. The molecule has 3 aromatic rings. The second-order valence-corrected chi connectivity index (χ2v) is 11.1. The average molecular weight is 551 g/mol. The molecule has 5 N–H and O–H groups in total. The maximum absolute atomic E-state index is 12.8. The van der Waals surface area contributed by atoms with Gasteiger partial charge in [-0.2, -0.15) is 0 Å². The highest BCUT2D eigenvalue weighted by atomic mass is 32.2. The monoisotopic (exact) mass is 550 g/mol. The van der Waals surface area contributed by atoms with E-state index in [4.69, 9.17) is 5.73 Å². The zero-order valence-electron chi connectivity index (χ0n) is 22.9. The Morgan fingerprint density at radius 3 is 2.18 bits per heavy atom. The number of carbonyl (C=O) groups excluding carboxylic acids is 2. The molecule has 208 valence electrons. The predicted octanol–water partition coefficient (Wildman–Crippen LogP) is 4.44. The molecule has 0 fully saturated rings. The Bertz CT molecular complexity index is 1360. The lowest BCUT2D eigenvalue weighted by Crippen LogP contribution is -2.43. The molecule has 2 atom stereocenters. The van der Waals surface area contributed by atoms with Crippen molar-refractivity contribution in [1.29, 1.82) is 0 Å². The Hall–Kier alpha value is -3.79. The largest absolute Gasteiger partial charge is 0.340 e. The topological polar surface area (TPSA) is 130 Å². The molecule has 0 saturated heterocycles. The fourth-order valence-corrected chi connectivity index (χ4v) is 4.31. The zero-order chi connectivity index (χ0) is 29.0. The number of rotatable bonds is 10. The van der Waals surface area contributed by atoms with E-state index in [0.717, 1.165) is 23.1 Å². The van der Waals surface area contributed by atoms with Crippen molar-refractivity contribution < 1.29 is 18.0 Å². The molecule has 3 rings (SSSR count). The van der Waals surface area contributed by atoms with Gasteiger partial charge in [0.1, 0.15) is 6.04 Å². The highest BCUT2D eigenvalue weighted by Gasteiger charge is 2.22. The lowest BCUT2D eigenvalue weighted by molar-refractivity contribution is -0.118. The Labute approximate surface area is 231 Å². The normalized spacial score (nSPS) is 12.3. The van der Waals surface area contributed by atoms with Gasteiger partial charge in [-0.3, -0.25) is 9.59 Å². The minimum atomic E-state index is -3.00. The number of amides is 2. The van der Waals surface area contributed by atoms with Crippen LogP contribution >= 0.6 is 0 Å². The number of hydrogen-bond donors (Lipinski definition) is 4. The summed E-state index contributed by atoms with van der Waals surface area (Å²) >= 11 is 0. The van der Waals surface area contributed by atoms with Crippen LogP contribution in [0.2, 0.25) is 0 Å². The smallest absolute Gasteiger partial charge is 0.251 e. The summed E-state index contributed by atoms with van der Waals surface area (Å²) in [6.07, 6.45) is 3.77. The maximum atomic E-state index is 12.8. The van der Waals surface area contributed by atoms with Crippen molar-refractivity contribution in [2.75, 3.05) is 18.6 Å². The molecule has 3 aromatic carbocycles. The van der Waals surface area contributed by atoms with Crippen LogP contribution in [0.3, 0.4) is 0 Å². The van der Waals surface area contributed by atoms with Gasteiger partial charge in [0.2, 0.25) is 5.91 Å². The van der Waals surface area contributed by atoms with Crippen LogP contribution in [-0.4, -0.2) is 39.6 Å². The average Bonchev–Trinajstić information content (AvgIpc) is 2.93. The minimum Gasteiger partial charge on any atom is -0.340 e. The lowest BCUT2D eigenvalue weighted by atomic mass is 10.0. The van der Waals surface area contributed by atoms with Gasteiger partial charge in [0.15, 0.2) is 9.84 Å². The van der Waals surface area contributed by atoms with E-state index in [9.17, 15) is 18.0 Å². The molecule has 2 amide bonds. The molecule has 0 spiro atoms. The summed E-state index contributed by atoms with van der Waals surface area (Å²) in [4.78, 5) is 25.9. The molecular formula is C30H38N4O4S. The fraction of sp³-hybridized carbons (Fsp3) is 0.267. The molecule has 0 saturated carbocycles. The van der Waals surface area contributed by atoms with Crippen LogP contribution in [-0.2, 0) is 14.6 Å². The van der Waals surface area contributed by atoms with E-state index < -0.39 is 22.0 Å². The first-order valence-corrected chi connectivity index (χ1v) is 14.5. The predicted molar refractivity (Wildman–Crippen MR) is 158 cm³/mol. The van der Waals surface area contributed by atoms with Crippen molar-refractivity contribution >= 4 is 33.4 Å². The van der Waals surface area contributed by atoms with Gasteiger partial charge in [-0.05, 0) is 67.9 Å². The number of carbonyl (C=O) groups is 2. The van der Waals surface area contributed by atoms with Crippen LogP contribution in [0, 0.1) is 6.92 Å². The van der Waals surface area contributed by atoms with Gasteiger partial charge in [0.05, 0.1) is 11.1 Å². The third-order valence-electron chi connectivity index (χ3n) is 5.90. The van der Waals surface area contributed by atoms with Crippen molar-refractivity contribution in [3.05, 3.63) is 102 Å². The molecule has 0 aliphatic rings. The van der Waals surface area contributed by atoms with Crippen LogP contribution in [0.1, 0.15) is 53.0 Å². The second kappa shape index (κ2) is 15.0. The SMILES string of the molecule is C=Cc1ccc(C(=O)NC(CCC)C(=O)Nc2ccc(C)cc2)cc1C(N)NC.CS(=O)(=O)c1ccccc1. The number of hydrogen-bond acceptors (Lipinski definition) is 6. The third kappa shape index (κ3) is 9.79. The molecular weight excluding hydrogens is 512 g/mol. The van der Waals surface area contributed by atoms with Crippen molar-refractivity contribution in [2.24, 2.45) is 5.73 Å². The molecule has 39 heavy (non-hydrogen) atoms. The van der Waals surface area contributed by atoms with Gasteiger partial charge in [-0.1, -0.05) is 68.0 Å². The lowest BCUT2D eigenvalue weighted by Gasteiger charge is -2.19. The Morgan fingerprint density at radius 2 is 1.67 bits per heavy atom. The number of benzene rings is 3. The summed E-state index contributed by atoms with van der Waals surface area (Å²) in [5, 5.41) is 8.69. The summed E-state index contributed by atoms with van der Waals surface area (Å²) in [5.74, 6) is -0.554. The molecule has 0 radical (unpaired) electrons. The molecule has 0 heterocycles. The third-order valence-corrected chi connectivity index (χ3v) is 7.03. The summed E-state index contributed by atoms with van der Waals surface area (Å²) in [6.45, 7) is 7.74. The van der Waals surface area contributed by atoms with E-state index in [1.54, 1.807) is 61.7 Å². The van der Waals surface area contributed by atoms with Crippen LogP contribution in [0.5, 0.6) is 0 Å². The first-order valence-electron chi connectivity index (χ1n) is 12.6. The van der Waals surface area contributed by atoms with Gasteiger partial charge in [-0.25, -0.2) is 8.42 Å². The summed E-state index contributed by atoms with van der Waals surface area (Å²) in [5.41, 5.74) is 9.96. The van der Waals surface area contributed by atoms with Gasteiger partial charge in [0.25, 0.3) is 5.91 Å². The summed E-state index contributed by atoms with van der Waals surface area (Å²) < 4.78 is 21.7. The maximum Gasteiger partial charge on any atom is 0.251 e. The first kappa shape index (κ1) is 31.4. The zero-order valence-corrected chi connectivity index (χ0v) is 23.7. The molecule has 2 unspecified atom stereocenters. The summed E-state index contributed by atoms with van der Waals surface area (Å²) in [6, 6.07) is 20.5. The summed E-state index contributed by atoms with van der Waals surface area (Å²) in [7, 11) is -1.26. The van der Waals surface area contributed by atoms with E-state index >= 15 is 0 Å². The molecule has 0 aromatic heterocycles. The van der Waals surface area contributed by atoms with Gasteiger partial charge in [-0.15, -0.1) is 0 Å². The van der Waals surface area contributed by atoms with Crippen molar-refractivity contribution in [3.63, 3.8) is 0 Å². The Balaban J connectivity index is 0.000000446. The number of anilines is 1. The standard InChI is InChI=1S/C23H30N4O2.C7H8O2S/c1-5-7-20(23(29)26-18-12-8-15(3)9-13-18)27-22(28)17-11-10-16(6-2)19(14-17)21(24)25-4;1-10(8,9)7-5-3-2-4-6-7/h6,8-14,20-21,25H,2,5,7,24H2,1,3-4H3,(H,26,29)(H,27,28);2-6H,1H3. The van der Waals surface area contributed by atoms with E-state index in [0.29, 0.717) is 22.6 Å². The first-order chi connectivity index (χ1) is 18.5. The minimum absolute atomic E-state index is 0.237. The molecule has 0 aliphatic heterocycles. The quantitative estimate of drug-likeness (QED) is 0.276. The highest BCUT2D eigenvalue weighted by molar-refractivity contribution is 7.90.